The van der Waals surface area contributed by atoms with Crippen LogP contribution in [0.2, 0.25) is 0 Å². The van der Waals surface area contributed by atoms with Gasteiger partial charge in [0.25, 0.3) is 0 Å². The van der Waals surface area contributed by atoms with Crippen molar-refractivity contribution in [2.45, 2.75) is 26.1 Å². The standard InChI is InChI=1S/C17H21BrN2O2/c1-13(19(2)12-15-9-10-16(18)22-15)17(21)20(3)11-14-7-5-4-6-8-14/h4-10,13H,11-12H2,1-3H3. The minimum atomic E-state index is -0.211. The minimum absolute atomic E-state index is 0.0944. The molecule has 0 spiro atoms. The molecule has 1 aromatic carbocycles. The van der Waals surface area contributed by atoms with Crippen LogP contribution >= 0.6 is 15.9 Å². The van der Waals surface area contributed by atoms with E-state index in [4.69, 9.17) is 4.42 Å². The van der Waals surface area contributed by atoms with Gasteiger partial charge in [0, 0.05) is 13.6 Å². The second kappa shape index (κ2) is 7.61. The van der Waals surface area contributed by atoms with Gasteiger partial charge < -0.3 is 9.32 Å². The molecule has 0 aliphatic heterocycles. The number of likely N-dealkylation sites (N-methyl/N-ethyl adjacent to an activating group) is 2. The summed E-state index contributed by atoms with van der Waals surface area (Å²) in [5.74, 6) is 0.928. The number of furan rings is 1. The Hall–Kier alpha value is -1.59. The highest BCUT2D eigenvalue weighted by atomic mass is 79.9. The quantitative estimate of drug-likeness (QED) is 0.786. The van der Waals surface area contributed by atoms with Crippen LogP contribution in [-0.2, 0) is 17.9 Å². The maximum Gasteiger partial charge on any atom is 0.239 e. The van der Waals surface area contributed by atoms with E-state index in [-0.39, 0.29) is 11.9 Å². The second-order valence-corrected chi connectivity index (χ2v) is 6.26. The lowest BCUT2D eigenvalue weighted by Crippen LogP contribution is -2.43. The monoisotopic (exact) mass is 364 g/mol. The van der Waals surface area contributed by atoms with Gasteiger partial charge in [-0.25, -0.2) is 0 Å². The van der Waals surface area contributed by atoms with Crippen LogP contribution in [0, 0.1) is 0 Å². The molecule has 0 aliphatic rings. The lowest BCUT2D eigenvalue weighted by atomic mass is 10.2. The van der Waals surface area contributed by atoms with Crippen LogP contribution in [0.1, 0.15) is 18.2 Å². The van der Waals surface area contributed by atoms with Gasteiger partial charge in [0.2, 0.25) is 5.91 Å². The molecule has 0 radical (unpaired) electrons. The van der Waals surface area contributed by atoms with Crippen molar-refractivity contribution in [2.75, 3.05) is 14.1 Å². The Morgan fingerprint density at radius 3 is 2.41 bits per heavy atom. The first-order chi connectivity index (χ1) is 10.5. The number of hydrogen-bond acceptors (Lipinski definition) is 3. The average molecular weight is 365 g/mol. The fraction of sp³-hybridized carbons (Fsp3) is 0.353. The highest BCUT2D eigenvalue weighted by molar-refractivity contribution is 9.10. The molecule has 1 amide bonds. The van der Waals surface area contributed by atoms with Crippen LogP contribution < -0.4 is 0 Å². The predicted molar refractivity (Wildman–Crippen MR) is 90.3 cm³/mol. The van der Waals surface area contributed by atoms with Crippen molar-refractivity contribution < 1.29 is 9.21 Å². The molecule has 118 valence electrons. The van der Waals surface area contributed by atoms with Gasteiger partial charge >= 0.3 is 0 Å². The zero-order chi connectivity index (χ0) is 16.1. The van der Waals surface area contributed by atoms with Gasteiger partial charge in [-0.15, -0.1) is 0 Å². The van der Waals surface area contributed by atoms with Crippen molar-refractivity contribution in [2.24, 2.45) is 0 Å². The summed E-state index contributed by atoms with van der Waals surface area (Å²) in [5, 5.41) is 0. The summed E-state index contributed by atoms with van der Waals surface area (Å²) in [6, 6.07) is 13.6. The van der Waals surface area contributed by atoms with Crippen molar-refractivity contribution in [3.8, 4) is 0 Å². The van der Waals surface area contributed by atoms with E-state index in [1.54, 1.807) is 4.90 Å². The Kier molecular flexibility index (Phi) is 5.80. The van der Waals surface area contributed by atoms with Crippen LogP contribution in [0.4, 0.5) is 0 Å². The summed E-state index contributed by atoms with van der Waals surface area (Å²) in [6.07, 6.45) is 0. The van der Waals surface area contributed by atoms with Crippen LogP contribution in [0.5, 0.6) is 0 Å². The van der Waals surface area contributed by atoms with E-state index in [9.17, 15) is 4.79 Å². The number of carbonyl (C=O) groups excluding carboxylic acids is 1. The summed E-state index contributed by atoms with van der Waals surface area (Å²) >= 11 is 3.29. The molecule has 0 saturated heterocycles. The highest BCUT2D eigenvalue weighted by Crippen LogP contribution is 2.16. The van der Waals surface area contributed by atoms with E-state index < -0.39 is 0 Å². The zero-order valence-corrected chi connectivity index (χ0v) is 14.7. The number of benzene rings is 1. The number of rotatable bonds is 6. The number of halogens is 1. The average Bonchev–Trinajstić information content (AvgIpc) is 2.91. The van der Waals surface area contributed by atoms with E-state index in [2.05, 4.69) is 15.9 Å². The van der Waals surface area contributed by atoms with Crippen molar-refractivity contribution in [3.63, 3.8) is 0 Å². The van der Waals surface area contributed by atoms with Gasteiger partial charge in [0.15, 0.2) is 4.67 Å². The first-order valence-corrected chi connectivity index (χ1v) is 8.00. The Balaban J connectivity index is 1.92. The second-order valence-electron chi connectivity index (χ2n) is 5.48. The lowest BCUT2D eigenvalue weighted by Gasteiger charge is -2.27. The summed E-state index contributed by atoms with van der Waals surface area (Å²) in [5.41, 5.74) is 1.13. The van der Waals surface area contributed by atoms with E-state index in [1.807, 2.05) is 68.4 Å². The fourth-order valence-corrected chi connectivity index (χ4v) is 2.60. The molecule has 1 aromatic heterocycles. The smallest absolute Gasteiger partial charge is 0.239 e. The Morgan fingerprint density at radius 1 is 1.14 bits per heavy atom. The van der Waals surface area contributed by atoms with Crippen molar-refractivity contribution in [1.29, 1.82) is 0 Å². The molecule has 1 unspecified atom stereocenters. The molecular weight excluding hydrogens is 344 g/mol. The fourth-order valence-electron chi connectivity index (χ4n) is 2.26. The third-order valence-corrected chi connectivity index (χ3v) is 4.12. The van der Waals surface area contributed by atoms with Gasteiger partial charge in [0.05, 0.1) is 12.6 Å². The van der Waals surface area contributed by atoms with Crippen LogP contribution in [0.3, 0.4) is 0 Å². The van der Waals surface area contributed by atoms with Gasteiger partial charge in [-0.3, -0.25) is 9.69 Å². The molecule has 2 aromatic rings. The Bertz CT molecular complexity index is 612. The molecule has 0 saturated carbocycles. The van der Waals surface area contributed by atoms with Crippen molar-refractivity contribution in [1.82, 2.24) is 9.80 Å². The highest BCUT2D eigenvalue weighted by Gasteiger charge is 2.22. The van der Waals surface area contributed by atoms with E-state index in [1.165, 1.54) is 0 Å². The molecule has 5 heteroatoms. The van der Waals surface area contributed by atoms with Gasteiger partial charge in [0.1, 0.15) is 5.76 Å². The number of hydrogen-bond donors (Lipinski definition) is 0. The molecule has 0 bridgehead atoms. The third kappa shape index (κ3) is 4.45. The normalized spacial score (nSPS) is 12.4. The summed E-state index contributed by atoms with van der Waals surface area (Å²) in [7, 11) is 3.76. The van der Waals surface area contributed by atoms with Crippen molar-refractivity contribution in [3.05, 3.63) is 58.5 Å². The van der Waals surface area contributed by atoms with Crippen LogP contribution in [-0.4, -0.2) is 35.8 Å². The topological polar surface area (TPSA) is 36.7 Å². The van der Waals surface area contributed by atoms with Crippen LogP contribution in [0.25, 0.3) is 0 Å². The number of amides is 1. The number of nitrogens with zero attached hydrogens (tertiary/aromatic N) is 2. The van der Waals surface area contributed by atoms with Gasteiger partial charge in [-0.2, -0.15) is 0 Å². The predicted octanol–water partition coefficient (Wildman–Crippen LogP) is 3.52. The van der Waals surface area contributed by atoms with Gasteiger partial charge in [-0.1, -0.05) is 30.3 Å². The minimum Gasteiger partial charge on any atom is -0.453 e. The summed E-state index contributed by atoms with van der Waals surface area (Å²) < 4.78 is 6.19. The molecule has 0 fully saturated rings. The first kappa shape index (κ1) is 16.8. The molecule has 4 nitrogen and oxygen atoms in total. The molecule has 1 atom stereocenters. The Morgan fingerprint density at radius 2 is 1.82 bits per heavy atom. The van der Waals surface area contributed by atoms with Gasteiger partial charge in [-0.05, 0) is 47.6 Å². The van der Waals surface area contributed by atoms with Crippen LogP contribution in [0.15, 0.2) is 51.6 Å². The molecule has 0 N–H and O–H groups in total. The number of carbonyl (C=O) groups is 1. The summed E-state index contributed by atoms with van der Waals surface area (Å²) in [6.45, 7) is 3.13. The van der Waals surface area contributed by atoms with E-state index in [0.717, 1.165) is 11.3 Å². The SMILES string of the molecule is CC(C(=O)N(C)Cc1ccccc1)N(C)Cc1ccc(Br)o1. The molecule has 22 heavy (non-hydrogen) atoms. The summed E-state index contributed by atoms with van der Waals surface area (Å²) in [4.78, 5) is 16.3. The molecule has 1 heterocycles. The molecule has 2 rings (SSSR count). The largest absolute Gasteiger partial charge is 0.453 e. The van der Waals surface area contributed by atoms with Crippen molar-refractivity contribution >= 4 is 21.8 Å². The lowest BCUT2D eigenvalue weighted by molar-refractivity contribution is -0.135. The maximum atomic E-state index is 12.5. The van der Waals surface area contributed by atoms with E-state index >= 15 is 0 Å². The third-order valence-electron chi connectivity index (χ3n) is 3.69. The van der Waals surface area contributed by atoms with E-state index in [0.29, 0.717) is 17.8 Å². The maximum absolute atomic E-state index is 12.5. The first-order valence-electron chi connectivity index (χ1n) is 7.20. The molecule has 0 aliphatic carbocycles. The zero-order valence-electron chi connectivity index (χ0n) is 13.1. The Labute approximate surface area is 139 Å². The molecular formula is C17H21BrN2O2.